The molecule has 0 fully saturated rings. The fourth-order valence-electron chi connectivity index (χ4n) is 2.08. The molecule has 1 atom stereocenters. The smallest absolute Gasteiger partial charge is 0.123 e. The number of aromatic amines is 1. The van der Waals surface area contributed by atoms with Crippen molar-refractivity contribution in [3.8, 4) is 0 Å². The number of H-pyrrole nitrogens is 1. The highest BCUT2D eigenvalue weighted by atomic mass is 15.2. The van der Waals surface area contributed by atoms with Gasteiger partial charge in [0.15, 0.2) is 0 Å². The molecule has 18 heavy (non-hydrogen) atoms. The summed E-state index contributed by atoms with van der Waals surface area (Å²) in [6, 6.07) is 6.37. The Morgan fingerprint density at radius 1 is 1.39 bits per heavy atom. The Labute approximate surface area is 107 Å². The third kappa shape index (κ3) is 2.52. The van der Waals surface area contributed by atoms with Gasteiger partial charge >= 0.3 is 0 Å². The molecular weight excluding hydrogens is 226 g/mol. The second kappa shape index (κ2) is 5.20. The summed E-state index contributed by atoms with van der Waals surface area (Å²) >= 11 is 0. The fourth-order valence-corrected chi connectivity index (χ4v) is 2.08. The van der Waals surface area contributed by atoms with E-state index in [9.17, 15) is 0 Å². The normalized spacial score (nSPS) is 12.6. The minimum absolute atomic E-state index is 0.0377. The zero-order valence-electron chi connectivity index (χ0n) is 10.7. The quantitative estimate of drug-likeness (QED) is 0.483. The van der Waals surface area contributed by atoms with Crippen LogP contribution in [0.1, 0.15) is 28.3 Å². The standard InChI is InChI=1S/C13H19N5/c1-8-3-4-9(2)10(5-8)6-12(17-15)11-7-16-18-13(11)14/h3-5,7,12,17H,6,15H2,1-2H3,(H3,14,16,18). The topological polar surface area (TPSA) is 92.7 Å². The number of hydrogen-bond donors (Lipinski definition) is 4. The van der Waals surface area contributed by atoms with Crippen molar-refractivity contribution in [2.75, 3.05) is 5.73 Å². The predicted octanol–water partition coefficient (Wildman–Crippen LogP) is 1.36. The van der Waals surface area contributed by atoms with Crippen LogP contribution in [0.15, 0.2) is 24.4 Å². The van der Waals surface area contributed by atoms with E-state index in [1.165, 1.54) is 16.7 Å². The molecule has 0 amide bonds. The van der Waals surface area contributed by atoms with E-state index in [1.54, 1.807) is 6.20 Å². The van der Waals surface area contributed by atoms with Gasteiger partial charge in [-0.25, -0.2) is 0 Å². The predicted molar refractivity (Wildman–Crippen MR) is 72.7 cm³/mol. The van der Waals surface area contributed by atoms with Crippen LogP contribution < -0.4 is 17.0 Å². The number of nitrogens with two attached hydrogens (primary N) is 2. The van der Waals surface area contributed by atoms with Gasteiger partial charge in [-0.1, -0.05) is 23.8 Å². The zero-order chi connectivity index (χ0) is 13.1. The summed E-state index contributed by atoms with van der Waals surface area (Å²) in [6.45, 7) is 4.18. The van der Waals surface area contributed by atoms with Crippen molar-refractivity contribution in [1.82, 2.24) is 15.6 Å². The molecule has 0 saturated carbocycles. The Morgan fingerprint density at radius 3 is 2.78 bits per heavy atom. The summed E-state index contributed by atoms with van der Waals surface area (Å²) in [5, 5.41) is 6.65. The minimum atomic E-state index is -0.0377. The number of benzene rings is 1. The lowest BCUT2D eigenvalue weighted by Gasteiger charge is -2.17. The van der Waals surface area contributed by atoms with E-state index in [0.717, 1.165) is 12.0 Å². The highest BCUT2D eigenvalue weighted by Crippen LogP contribution is 2.23. The molecule has 0 bridgehead atoms. The first kappa shape index (κ1) is 12.6. The van der Waals surface area contributed by atoms with E-state index in [0.29, 0.717) is 5.82 Å². The van der Waals surface area contributed by atoms with Gasteiger partial charge in [-0.05, 0) is 31.4 Å². The van der Waals surface area contributed by atoms with Crippen LogP contribution in [-0.4, -0.2) is 10.2 Å². The van der Waals surface area contributed by atoms with Crippen molar-refractivity contribution in [3.05, 3.63) is 46.6 Å². The molecule has 0 saturated heterocycles. The number of nitrogen functional groups attached to an aromatic ring is 1. The van der Waals surface area contributed by atoms with Crippen molar-refractivity contribution in [2.45, 2.75) is 26.3 Å². The van der Waals surface area contributed by atoms with E-state index < -0.39 is 0 Å². The van der Waals surface area contributed by atoms with Crippen LogP contribution in [0, 0.1) is 13.8 Å². The summed E-state index contributed by atoms with van der Waals surface area (Å²) in [5.74, 6) is 6.18. The van der Waals surface area contributed by atoms with Crippen LogP contribution in [-0.2, 0) is 6.42 Å². The van der Waals surface area contributed by atoms with Crippen LogP contribution >= 0.6 is 0 Å². The number of hydrazine groups is 1. The van der Waals surface area contributed by atoms with Crippen molar-refractivity contribution in [2.24, 2.45) is 5.84 Å². The molecule has 96 valence electrons. The Bertz CT molecular complexity index is 532. The molecule has 1 heterocycles. The molecule has 1 aromatic heterocycles. The molecule has 0 spiro atoms. The van der Waals surface area contributed by atoms with Crippen molar-refractivity contribution >= 4 is 5.82 Å². The molecule has 1 unspecified atom stereocenters. The molecule has 0 aliphatic heterocycles. The minimum Gasteiger partial charge on any atom is -0.384 e. The lowest BCUT2D eigenvalue weighted by atomic mass is 9.96. The Morgan fingerprint density at radius 2 is 2.17 bits per heavy atom. The lowest BCUT2D eigenvalue weighted by Crippen LogP contribution is -2.30. The van der Waals surface area contributed by atoms with Gasteiger partial charge in [0, 0.05) is 5.56 Å². The number of aromatic nitrogens is 2. The first-order valence-corrected chi connectivity index (χ1v) is 5.93. The first-order chi connectivity index (χ1) is 8.61. The third-order valence-corrected chi connectivity index (χ3v) is 3.20. The van der Waals surface area contributed by atoms with Crippen LogP contribution in [0.4, 0.5) is 5.82 Å². The zero-order valence-corrected chi connectivity index (χ0v) is 10.7. The van der Waals surface area contributed by atoms with Crippen LogP contribution in [0.3, 0.4) is 0 Å². The fraction of sp³-hybridized carbons (Fsp3) is 0.308. The number of nitrogens with one attached hydrogen (secondary N) is 2. The number of rotatable bonds is 4. The van der Waals surface area contributed by atoms with Crippen molar-refractivity contribution in [1.29, 1.82) is 0 Å². The summed E-state index contributed by atoms with van der Waals surface area (Å²) < 4.78 is 0. The van der Waals surface area contributed by atoms with Crippen LogP contribution in [0.2, 0.25) is 0 Å². The van der Waals surface area contributed by atoms with Crippen molar-refractivity contribution in [3.63, 3.8) is 0 Å². The Kier molecular flexibility index (Phi) is 3.64. The molecule has 2 aromatic rings. The van der Waals surface area contributed by atoms with Gasteiger partial charge in [0.1, 0.15) is 5.82 Å². The van der Waals surface area contributed by atoms with Crippen LogP contribution in [0.25, 0.3) is 0 Å². The maximum Gasteiger partial charge on any atom is 0.123 e. The Hall–Kier alpha value is -1.85. The van der Waals surface area contributed by atoms with Crippen LogP contribution in [0.5, 0.6) is 0 Å². The highest BCUT2D eigenvalue weighted by molar-refractivity contribution is 5.41. The van der Waals surface area contributed by atoms with E-state index in [4.69, 9.17) is 11.6 Å². The molecule has 0 aliphatic rings. The van der Waals surface area contributed by atoms with Gasteiger partial charge in [-0.15, -0.1) is 0 Å². The van der Waals surface area contributed by atoms with Gasteiger partial charge < -0.3 is 5.73 Å². The van der Waals surface area contributed by atoms with Gasteiger partial charge in [0.25, 0.3) is 0 Å². The number of nitrogens with zero attached hydrogens (tertiary/aromatic N) is 1. The molecule has 5 nitrogen and oxygen atoms in total. The molecular formula is C13H19N5. The average Bonchev–Trinajstić information content (AvgIpc) is 2.77. The second-order valence-electron chi connectivity index (χ2n) is 4.59. The van der Waals surface area contributed by atoms with E-state index in [-0.39, 0.29) is 6.04 Å². The summed E-state index contributed by atoms with van der Waals surface area (Å²) in [5.41, 5.74) is 13.3. The highest BCUT2D eigenvalue weighted by Gasteiger charge is 2.16. The third-order valence-electron chi connectivity index (χ3n) is 3.20. The van der Waals surface area contributed by atoms with Gasteiger partial charge in [-0.2, -0.15) is 5.10 Å². The van der Waals surface area contributed by atoms with E-state index in [2.05, 4.69) is 47.7 Å². The number of hydrogen-bond acceptors (Lipinski definition) is 4. The summed E-state index contributed by atoms with van der Waals surface area (Å²) in [7, 11) is 0. The molecule has 0 radical (unpaired) electrons. The molecule has 6 N–H and O–H groups in total. The molecule has 5 heteroatoms. The second-order valence-corrected chi connectivity index (χ2v) is 4.59. The molecule has 0 aliphatic carbocycles. The largest absolute Gasteiger partial charge is 0.384 e. The number of aryl methyl sites for hydroxylation is 2. The van der Waals surface area contributed by atoms with Gasteiger partial charge in [0.2, 0.25) is 0 Å². The average molecular weight is 245 g/mol. The maximum absolute atomic E-state index is 5.83. The van der Waals surface area contributed by atoms with Gasteiger partial charge in [-0.3, -0.25) is 16.4 Å². The lowest BCUT2D eigenvalue weighted by molar-refractivity contribution is 0.552. The first-order valence-electron chi connectivity index (χ1n) is 5.93. The molecule has 2 rings (SSSR count). The van der Waals surface area contributed by atoms with E-state index in [1.807, 2.05) is 0 Å². The summed E-state index contributed by atoms with van der Waals surface area (Å²) in [4.78, 5) is 0. The summed E-state index contributed by atoms with van der Waals surface area (Å²) in [6.07, 6.45) is 2.50. The molecule has 1 aromatic carbocycles. The maximum atomic E-state index is 5.83. The van der Waals surface area contributed by atoms with Crippen molar-refractivity contribution < 1.29 is 0 Å². The Balaban J connectivity index is 2.26. The number of anilines is 1. The van der Waals surface area contributed by atoms with E-state index >= 15 is 0 Å². The monoisotopic (exact) mass is 245 g/mol. The SMILES string of the molecule is Cc1ccc(C)c(CC(NN)c2cn[nH]c2N)c1. The van der Waals surface area contributed by atoms with Gasteiger partial charge in [0.05, 0.1) is 12.2 Å².